The van der Waals surface area contributed by atoms with E-state index >= 15 is 0 Å². The minimum atomic E-state index is -3.26. The summed E-state index contributed by atoms with van der Waals surface area (Å²) in [6, 6.07) is 19.7. The van der Waals surface area contributed by atoms with Crippen LogP contribution in [0.1, 0.15) is 26.3 Å². The van der Waals surface area contributed by atoms with E-state index < -0.39 is 21.8 Å². The molecule has 0 saturated heterocycles. The van der Waals surface area contributed by atoms with E-state index in [1.165, 1.54) is 43.1 Å². The number of aromatic amines is 1. The van der Waals surface area contributed by atoms with E-state index in [2.05, 4.69) is 9.72 Å². The van der Waals surface area contributed by atoms with Gasteiger partial charge in [-0.15, -0.1) is 0 Å². The number of hydrogen-bond acceptors (Lipinski definition) is 8. The highest BCUT2D eigenvalue weighted by Crippen LogP contribution is 2.15. The van der Waals surface area contributed by atoms with E-state index in [0.717, 1.165) is 22.6 Å². The second-order valence-electron chi connectivity index (χ2n) is 9.06. The molecule has 0 aliphatic rings. The molecule has 5 rings (SSSR count). The third kappa shape index (κ3) is 6.59. The summed E-state index contributed by atoms with van der Waals surface area (Å²) in [7, 11) is -0.662. The van der Waals surface area contributed by atoms with E-state index in [4.69, 9.17) is 4.74 Å². The molecule has 0 unspecified atom stereocenters. The van der Waals surface area contributed by atoms with Crippen LogP contribution in [-0.2, 0) is 25.9 Å². The minimum Gasteiger partial charge on any atom is -0.465 e. The van der Waals surface area contributed by atoms with E-state index in [1.807, 2.05) is 0 Å². The number of benzene rings is 3. The number of carbonyl (C=O) groups excluding carboxylic acids is 2. The number of hydrogen-bond donors (Lipinski definition) is 1. The zero-order valence-electron chi connectivity index (χ0n) is 22.4. The summed E-state index contributed by atoms with van der Waals surface area (Å²) in [5.74, 6) is -0.946. The number of pyridine rings is 2. The molecule has 0 aliphatic carbocycles. The second kappa shape index (κ2) is 12.0. The molecule has 0 radical (unpaired) electrons. The van der Waals surface area contributed by atoms with Crippen LogP contribution in [0.3, 0.4) is 0 Å². The first-order valence-electron chi connectivity index (χ1n) is 12.2. The lowest BCUT2D eigenvalue weighted by molar-refractivity contribution is 0.0592. The number of H-pyrrole nitrogens is 1. The van der Waals surface area contributed by atoms with Gasteiger partial charge in [-0.3, -0.25) is 9.59 Å². The van der Waals surface area contributed by atoms with Crippen molar-refractivity contribution in [3.05, 3.63) is 123 Å². The van der Waals surface area contributed by atoms with Gasteiger partial charge in [-0.2, -0.15) is 0 Å². The predicted molar refractivity (Wildman–Crippen MR) is 154 cm³/mol. The summed E-state index contributed by atoms with van der Waals surface area (Å²) in [5.41, 5.74) is 1.04. The normalized spacial score (nSPS) is 11.0. The average molecular weight is 575 g/mol. The number of fused-ring (bicyclic) bond motifs is 2. The molecule has 41 heavy (non-hydrogen) atoms. The molecule has 1 N–H and O–H groups in total. The minimum absolute atomic E-state index is 0.210. The van der Waals surface area contributed by atoms with Gasteiger partial charge in [0.2, 0.25) is 0 Å². The van der Waals surface area contributed by atoms with Crippen LogP contribution in [0.15, 0.2) is 99.7 Å². The lowest BCUT2D eigenvalue weighted by atomic mass is 10.1. The van der Waals surface area contributed by atoms with Gasteiger partial charge in [0.15, 0.2) is 9.84 Å². The number of methoxy groups -OCH3 is 2. The van der Waals surface area contributed by atoms with E-state index in [1.54, 1.807) is 60.9 Å². The SMILES string of the molecule is COC(=O)c1ccc2cc[nH]c(=O)c2c1.COC(=O)c1ccc2ccn(Cc3ccc(S(C)(=O)=O)cc3)c(=O)c2c1. The molecule has 0 saturated carbocycles. The highest BCUT2D eigenvalue weighted by Gasteiger charge is 2.11. The maximum absolute atomic E-state index is 12.7. The summed E-state index contributed by atoms with van der Waals surface area (Å²) in [5, 5.41) is 2.43. The van der Waals surface area contributed by atoms with E-state index in [0.29, 0.717) is 28.4 Å². The monoisotopic (exact) mass is 574 g/mol. The van der Waals surface area contributed by atoms with Gasteiger partial charge in [-0.05, 0) is 64.9 Å². The van der Waals surface area contributed by atoms with Crippen LogP contribution in [0, 0.1) is 0 Å². The standard InChI is InChI=1S/C19H17NO5S.C11H9NO3/c1-25-19(22)15-6-5-14-9-10-20(18(21)17(14)11-15)12-13-3-7-16(8-4-13)26(2,23)24;1-15-11(14)8-3-2-7-4-5-12-10(13)9(7)6-8/h3-11H,12H2,1-2H3;2-6H,1H3,(H,12,13). The lowest BCUT2D eigenvalue weighted by Crippen LogP contribution is -2.20. The van der Waals surface area contributed by atoms with Crippen LogP contribution in [-0.4, -0.2) is 50.4 Å². The number of rotatable bonds is 5. The number of ether oxygens (including phenoxy) is 2. The van der Waals surface area contributed by atoms with Crippen LogP contribution >= 0.6 is 0 Å². The second-order valence-corrected chi connectivity index (χ2v) is 11.1. The fraction of sp³-hybridized carbons (Fsp3) is 0.133. The summed E-state index contributed by atoms with van der Waals surface area (Å²) >= 11 is 0. The molecular weight excluding hydrogens is 548 g/mol. The van der Waals surface area contributed by atoms with Crippen molar-refractivity contribution in [2.45, 2.75) is 11.4 Å². The van der Waals surface area contributed by atoms with Crippen LogP contribution in [0.5, 0.6) is 0 Å². The van der Waals surface area contributed by atoms with Gasteiger partial charge in [0.25, 0.3) is 11.1 Å². The molecule has 0 atom stereocenters. The number of nitrogens with one attached hydrogen (secondary N) is 1. The number of carbonyl (C=O) groups is 2. The maximum Gasteiger partial charge on any atom is 0.337 e. The third-order valence-corrected chi connectivity index (χ3v) is 7.43. The molecule has 2 aromatic heterocycles. The molecule has 2 heterocycles. The first-order valence-corrected chi connectivity index (χ1v) is 14.1. The zero-order chi connectivity index (χ0) is 29.7. The number of aromatic nitrogens is 2. The fourth-order valence-corrected chi connectivity index (χ4v) is 4.75. The largest absolute Gasteiger partial charge is 0.465 e. The van der Waals surface area contributed by atoms with Gasteiger partial charge in [-0.25, -0.2) is 18.0 Å². The molecule has 5 aromatic rings. The Balaban J connectivity index is 0.000000218. The van der Waals surface area contributed by atoms with Gasteiger partial charge in [0.05, 0.1) is 36.8 Å². The molecule has 0 spiro atoms. The van der Waals surface area contributed by atoms with Crippen molar-refractivity contribution in [2.75, 3.05) is 20.5 Å². The first kappa shape index (κ1) is 29.0. The maximum atomic E-state index is 12.7. The molecule has 10 nitrogen and oxygen atoms in total. The van der Waals surface area contributed by atoms with Crippen molar-refractivity contribution in [3.63, 3.8) is 0 Å². The lowest BCUT2D eigenvalue weighted by Gasteiger charge is -2.09. The molecule has 0 aliphatic heterocycles. The molecular formula is C30H26N2O8S. The zero-order valence-corrected chi connectivity index (χ0v) is 23.2. The Morgan fingerprint density at radius 2 is 1.34 bits per heavy atom. The molecule has 210 valence electrons. The predicted octanol–water partition coefficient (Wildman–Crippen LogP) is 3.55. The smallest absolute Gasteiger partial charge is 0.337 e. The van der Waals surface area contributed by atoms with Crippen molar-refractivity contribution in [3.8, 4) is 0 Å². The molecule has 0 bridgehead atoms. The third-order valence-electron chi connectivity index (χ3n) is 6.30. The Hall–Kier alpha value is -5.03. The first-order chi connectivity index (χ1) is 19.5. The van der Waals surface area contributed by atoms with Crippen LogP contribution in [0.4, 0.5) is 0 Å². The van der Waals surface area contributed by atoms with Gasteiger partial charge in [0.1, 0.15) is 0 Å². The van der Waals surface area contributed by atoms with Gasteiger partial charge in [-0.1, -0.05) is 24.3 Å². The Morgan fingerprint density at radius 1 is 0.780 bits per heavy atom. The number of nitrogens with zero attached hydrogens (tertiary/aromatic N) is 1. The Bertz CT molecular complexity index is 1990. The van der Waals surface area contributed by atoms with E-state index in [-0.39, 0.29) is 16.0 Å². The van der Waals surface area contributed by atoms with Gasteiger partial charge in [0, 0.05) is 29.4 Å². The van der Waals surface area contributed by atoms with Crippen molar-refractivity contribution in [1.29, 1.82) is 0 Å². The van der Waals surface area contributed by atoms with Crippen LogP contribution in [0.25, 0.3) is 21.5 Å². The summed E-state index contributed by atoms with van der Waals surface area (Å²) < 4.78 is 33.8. The summed E-state index contributed by atoms with van der Waals surface area (Å²) in [6.07, 6.45) is 4.39. The van der Waals surface area contributed by atoms with Crippen molar-refractivity contribution in [2.24, 2.45) is 0 Å². The highest BCUT2D eigenvalue weighted by atomic mass is 32.2. The van der Waals surface area contributed by atoms with Gasteiger partial charge >= 0.3 is 11.9 Å². The number of sulfone groups is 1. The summed E-state index contributed by atoms with van der Waals surface area (Å²) in [6.45, 7) is 0.293. The quantitative estimate of drug-likeness (QED) is 0.314. The van der Waals surface area contributed by atoms with E-state index in [9.17, 15) is 27.6 Å². The highest BCUT2D eigenvalue weighted by molar-refractivity contribution is 7.90. The molecule has 3 aromatic carbocycles. The topological polar surface area (TPSA) is 142 Å². The van der Waals surface area contributed by atoms with Crippen molar-refractivity contribution in [1.82, 2.24) is 9.55 Å². The van der Waals surface area contributed by atoms with Crippen LogP contribution < -0.4 is 11.1 Å². The molecule has 0 fully saturated rings. The number of esters is 2. The van der Waals surface area contributed by atoms with Crippen molar-refractivity contribution >= 4 is 43.3 Å². The Morgan fingerprint density at radius 3 is 1.90 bits per heavy atom. The fourth-order valence-electron chi connectivity index (χ4n) is 4.12. The Kier molecular flexibility index (Phi) is 8.48. The van der Waals surface area contributed by atoms with Gasteiger partial charge < -0.3 is 19.0 Å². The summed E-state index contributed by atoms with van der Waals surface area (Å²) in [4.78, 5) is 49.9. The Labute approximate surface area is 234 Å². The molecule has 0 amide bonds. The van der Waals surface area contributed by atoms with Crippen LogP contribution in [0.2, 0.25) is 0 Å². The molecule has 11 heteroatoms. The van der Waals surface area contributed by atoms with Crippen molar-refractivity contribution < 1.29 is 27.5 Å². The average Bonchev–Trinajstić information content (AvgIpc) is 2.98.